The first-order valence-electron chi connectivity index (χ1n) is 5.53. The van der Waals surface area contributed by atoms with Crippen LogP contribution in [-0.4, -0.2) is 27.9 Å². The van der Waals surface area contributed by atoms with E-state index in [-0.39, 0.29) is 11.3 Å². The maximum Gasteiger partial charge on any atom is 0.162 e. The maximum absolute atomic E-state index is 7.50. The van der Waals surface area contributed by atoms with Crippen molar-refractivity contribution in [2.45, 2.75) is 0 Å². The molecule has 0 saturated heterocycles. The number of nitrogens with one attached hydrogen (secondary N) is 2. The molecule has 7 nitrogen and oxygen atoms in total. The van der Waals surface area contributed by atoms with E-state index in [4.69, 9.17) is 11.1 Å². The predicted octanol–water partition coefficient (Wildman–Crippen LogP) is 0.457. The van der Waals surface area contributed by atoms with Gasteiger partial charge in [0.25, 0.3) is 0 Å². The summed E-state index contributed by atoms with van der Waals surface area (Å²) in [6.07, 6.45) is 1.43. The van der Waals surface area contributed by atoms with E-state index in [1.54, 1.807) is 0 Å². The average molecular weight is 258 g/mol. The van der Waals surface area contributed by atoms with E-state index in [1.807, 2.05) is 35.2 Å². The smallest absolute Gasteiger partial charge is 0.162 e. The van der Waals surface area contributed by atoms with Crippen LogP contribution in [0.3, 0.4) is 0 Å². The summed E-state index contributed by atoms with van der Waals surface area (Å²) in [5.74, 6) is 0.692. The van der Waals surface area contributed by atoms with Gasteiger partial charge in [-0.2, -0.15) is 0 Å². The molecule has 2 aromatic rings. The van der Waals surface area contributed by atoms with Crippen LogP contribution in [-0.2, 0) is 0 Å². The Morgan fingerprint density at radius 2 is 2.00 bits per heavy atom. The van der Waals surface area contributed by atoms with Crippen molar-refractivity contribution in [2.75, 3.05) is 16.9 Å². The standard InChI is InChI=1S/C12H12N6.H2O/c13-11(14)9-10-12(16-6-15-9)18(7-17-10)8-4-2-1-3-5-8;/h1-6,17H,7H2,(H3,13,14);1H2. The zero-order chi connectivity index (χ0) is 12.5. The summed E-state index contributed by atoms with van der Waals surface area (Å²) in [6, 6.07) is 9.92. The van der Waals surface area contributed by atoms with Gasteiger partial charge in [0.2, 0.25) is 0 Å². The molecule has 2 heterocycles. The van der Waals surface area contributed by atoms with Gasteiger partial charge in [-0.15, -0.1) is 0 Å². The van der Waals surface area contributed by atoms with Gasteiger partial charge in [0.05, 0.1) is 6.67 Å². The summed E-state index contributed by atoms with van der Waals surface area (Å²) in [7, 11) is 0. The van der Waals surface area contributed by atoms with E-state index >= 15 is 0 Å². The molecule has 1 aliphatic rings. The molecule has 0 fully saturated rings. The maximum atomic E-state index is 7.50. The normalized spacial score (nSPS) is 12.3. The minimum atomic E-state index is -0.0592. The van der Waals surface area contributed by atoms with Gasteiger partial charge in [0.1, 0.15) is 23.5 Å². The number of hydrogen-bond donors (Lipinski definition) is 3. The lowest BCUT2D eigenvalue weighted by atomic mass is 10.2. The lowest BCUT2D eigenvalue weighted by Gasteiger charge is -2.16. The minimum Gasteiger partial charge on any atom is -0.412 e. The highest BCUT2D eigenvalue weighted by Crippen LogP contribution is 2.35. The monoisotopic (exact) mass is 258 g/mol. The third kappa shape index (κ3) is 2.06. The fourth-order valence-corrected chi connectivity index (χ4v) is 2.00. The third-order valence-corrected chi connectivity index (χ3v) is 2.82. The number of aromatic nitrogens is 2. The van der Waals surface area contributed by atoms with Gasteiger partial charge in [0.15, 0.2) is 5.82 Å². The van der Waals surface area contributed by atoms with Gasteiger partial charge >= 0.3 is 0 Å². The summed E-state index contributed by atoms with van der Waals surface area (Å²) < 4.78 is 0. The van der Waals surface area contributed by atoms with E-state index in [9.17, 15) is 0 Å². The Morgan fingerprint density at radius 1 is 1.26 bits per heavy atom. The summed E-state index contributed by atoms with van der Waals surface area (Å²) >= 11 is 0. The quantitative estimate of drug-likeness (QED) is 0.533. The highest BCUT2D eigenvalue weighted by molar-refractivity contribution is 6.02. The topological polar surface area (TPSA) is 122 Å². The molecule has 6 N–H and O–H groups in total. The van der Waals surface area contributed by atoms with Crippen LogP contribution in [0, 0.1) is 5.41 Å². The predicted molar refractivity (Wildman–Crippen MR) is 73.7 cm³/mol. The molecule has 0 spiro atoms. The van der Waals surface area contributed by atoms with Crippen molar-refractivity contribution in [3.63, 3.8) is 0 Å². The number of amidine groups is 1. The van der Waals surface area contributed by atoms with Crippen LogP contribution in [0.2, 0.25) is 0 Å². The molecule has 0 aliphatic carbocycles. The molecular weight excluding hydrogens is 244 g/mol. The van der Waals surface area contributed by atoms with Crippen molar-refractivity contribution in [2.24, 2.45) is 5.73 Å². The molecule has 1 aliphatic heterocycles. The molecule has 0 bridgehead atoms. The molecule has 0 amide bonds. The zero-order valence-electron chi connectivity index (χ0n) is 10.1. The SMILES string of the molecule is N=C(N)c1ncnc2c1NCN2c1ccccc1.O. The molecule has 1 aromatic heterocycles. The highest BCUT2D eigenvalue weighted by Gasteiger charge is 2.25. The zero-order valence-corrected chi connectivity index (χ0v) is 10.1. The summed E-state index contributed by atoms with van der Waals surface area (Å²) in [6.45, 7) is 0.596. The number of nitrogen functional groups attached to an aromatic ring is 1. The average Bonchev–Trinajstić information content (AvgIpc) is 2.83. The van der Waals surface area contributed by atoms with Crippen LogP contribution in [0.5, 0.6) is 0 Å². The molecule has 0 saturated carbocycles. The van der Waals surface area contributed by atoms with Gasteiger partial charge in [-0.1, -0.05) is 18.2 Å². The molecule has 1 aromatic carbocycles. The Hall–Kier alpha value is -2.67. The second kappa shape index (κ2) is 4.91. The largest absolute Gasteiger partial charge is 0.412 e. The molecule has 0 radical (unpaired) electrons. The fourth-order valence-electron chi connectivity index (χ4n) is 2.00. The lowest BCUT2D eigenvalue weighted by Crippen LogP contribution is -2.16. The van der Waals surface area contributed by atoms with Gasteiger partial charge in [-0.25, -0.2) is 9.97 Å². The minimum absolute atomic E-state index is 0. The van der Waals surface area contributed by atoms with E-state index in [1.165, 1.54) is 6.33 Å². The summed E-state index contributed by atoms with van der Waals surface area (Å²) in [5, 5.41) is 10.7. The molecule has 0 atom stereocenters. The van der Waals surface area contributed by atoms with Crippen LogP contribution >= 0.6 is 0 Å². The molecule has 3 rings (SSSR count). The van der Waals surface area contributed by atoms with E-state index in [2.05, 4.69) is 15.3 Å². The van der Waals surface area contributed by atoms with Crippen LogP contribution in [0.25, 0.3) is 0 Å². The van der Waals surface area contributed by atoms with Gasteiger partial charge < -0.3 is 21.4 Å². The van der Waals surface area contributed by atoms with Crippen LogP contribution in [0.15, 0.2) is 36.7 Å². The number of anilines is 3. The molecule has 98 valence electrons. The number of para-hydroxylation sites is 1. The number of benzene rings is 1. The van der Waals surface area contributed by atoms with Crippen molar-refractivity contribution in [3.8, 4) is 0 Å². The Balaban J connectivity index is 0.00000133. The molecular formula is C12H14N6O. The summed E-state index contributed by atoms with van der Waals surface area (Å²) in [4.78, 5) is 10.3. The molecule has 7 heteroatoms. The first-order valence-corrected chi connectivity index (χ1v) is 5.53. The Bertz CT molecular complexity index is 600. The van der Waals surface area contributed by atoms with Gasteiger partial charge in [-0.05, 0) is 12.1 Å². The van der Waals surface area contributed by atoms with Gasteiger partial charge in [0, 0.05) is 5.69 Å². The van der Waals surface area contributed by atoms with E-state index in [0.717, 1.165) is 11.5 Å². The van der Waals surface area contributed by atoms with Crippen molar-refractivity contribution < 1.29 is 5.48 Å². The molecule has 0 unspecified atom stereocenters. The Morgan fingerprint density at radius 3 is 2.68 bits per heavy atom. The number of nitrogens with two attached hydrogens (primary N) is 1. The molecule has 19 heavy (non-hydrogen) atoms. The third-order valence-electron chi connectivity index (χ3n) is 2.82. The van der Waals surface area contributed by atoms with E-state index < -0.39 is 0 Å². The Kier molecular flexibility index (Phi) is 3.30. The number of hydrogen-bond acceptors (Lipinski definition) is 5. The summed E-state index contributed by atoms with van der Waals surface area (Å²) in [5.41, 5.74) is 7.70. The lowest BCUT2D eigenvalue weighted by molar-refractivity contribution is 0.824. The van der Waals surface area contributed by atoms with Crippen molar-refractivity contribution in [3.05, 3.63) is 42.4 Å². The fraction of sp³-hybridized carbons (Fsp3) is 0.0833. The van der Waals surface area contributed by atoms with Crippen LogP contribution in [0.1, 0.15) is 5.69 Å². The number of fused-ring (bicyclic) bond motifs is 1. The van der Waals surface area contributed by atoms with Crippen LogP contribution < -0.4 is 16.0 Å². The highest BCUT2D eigenvalue weighted by atomic mass is 16.0. The van der Waals surface area contributed by atoms with Crippen molar-refractivity contribution in [1.29, 1.82) is 5.41 Å². The van der Waals surface area contributed by atoms with Crippen molar-refractivity contribution in [1.82, 2.24) is 9.97 Å². The Labute approximate surface area is 109 Å². The first kappa shape index (κ1) is 12.8. The van der Waals surface area contributed by atoms with Crippen molar-refractivity contribution >= 4 is 23.0 Å². The second-order valence-corrected chi connectivity index (χ2v) is 3.93. The van der Waals surface area contributed by atoms with Crippen LogP contribution in [0.4, 0.5) is 17.2 Å². The first-order chi connectivity index (χ1) is 8.77. The number of nitrogens with zero attached hydrogens (tertiary/aromatic N) is 3. The van der Waals surface area contributed by atoms with E-state index in [0.29, 0.717) is 18.1 Å². The van der Waals surface area contributed by atoms with Gasteiger partial charge in [-0.3, -0.25) is 5.41 Å². The second-order valence-electron chi connectivity index (χ2n) is 3.93. The number of rotatable bonds is 2.